The number of aryl methyl sites for hydroxylation is 1. The van der Waals surface area contributed by atoms with Crippen molar-refractivity contribution < 1.29 is 4.79 Å². The summed E-state index contributed by atoms with van der Waals surface area (Å²) in [6.45, 7) is 5.51. The van der Waals surface area contributed by atoms with E-state index in [9.17, 15) is 4.79 Å². The van der Waals surface area contributed by atoms with E-state index in [1.807, 2.05) is 49.1 Å². The highest BCUT2D eigenvalue weighted by molar-refractivity contribution is 5.97. The smallest absolute Gasteiger partial charge is 0.254 e. The summed E-state index contributed by atoms with van der Waals surface area (Å²) in [6.07, 6.45) is 6.71. The summed E-state index contributed by atoms with van der Waals surface area (Å²) in [6, 6.07) is 9.92. The number of nitrogens with zero attached hydrogens (tertiary/aromatic N) is 2. The van der Waals surface area contributed by atoms with Crippen LogP contribution in [0.3, 0.4) is 0 Å². The molecule has 1 aromatic carbocycles. The third-order valence-corrected chi connectivity index (χ3v) is 4.32. The van der Waals surface area contributed by atoms with E-state index in [0.29, 0.717) is 6.54 Å². The number of amides is 1. The molecular formula is C19H20N2O. The van der Waals surface area contributed by atoms with E-state index in [-0.39, 0.29) is 5.91 Å². The van der Waals surface area contributed by atoms with Gasteiger partial charge in [0.15, 0.2) is 0 Å². The quantitative estimate of drug-likeness (QED) is 0.847. The third kappa shape index (κ3) is 2.80. The van der Waals surface area contributed by atoms with Crippen molar-refractivity contribution in [2.24, 2.45) is 0 Å². The van der Waals surface area contributed by atoms with Crippen LogP contribution in [0.15, 0.2) is 48.8 Å². The van der Waals surface area contributed by atoms with Gasteiger partial charge in [0.1, 0.15) is 0 Å². The van der Waals surface area contributed by atoms with Gasteiger partial charge in [0.25, 0.3) is 5.91 Å². The molecule has 3 rings (SSSR count). The lowest BCUT2D eigenvalue weighted by Gasteiger charge is -2.28. The molecular weight excluding hydrogens is 272 g/mol. The van der Waals surface area contributed by atoms with Crippen LogP contribution in [-0.2, 0) is 0 Å². The van der Waals surface area contributed by atoms with Gasteiger partial charge in [0, 0.05) is 31.0 Å². The van der Waals surface area contributed by atoms with Crippen LogP contribution < -0.4 is 0 Å². The SMILES string of the molecule is Cc1cccc(C(=O)N2CCC=C(c3ccncc3)C2)c1C. The predicted molar refractivity (Wildman–Crippen MR) is 88.7 cm³/mol. The molecule has 0 radical (unpaired) electrons. The Labute approximate surface area is 131 Å². The van der Waals surface area contributed by atoms with Crippen molar-refractivity contribution >= 4 is 11.5 Å². The molecule has 1 aliphatic heterocycles. The zero-order chi connectivity index (χ0) is 15.5. The largest absolute Gasteiger partial charge is 0.334 e. The maximum atomic E-state index is 12.8. The molecule has 0 spiro atoms. The van der Waals surface area contributed by atoms with Gasteiger partial charge in [-0.15, -0.1) is 0 Å². The van der Waals surface area contributed by atoms with Crippen molar-refractivity contribution in [3.8, 4) is 0 Å². The highest BCUT2D eigenvalue weighted by Crippen LogP contribution is 2.23. The first-order chi connectivity index (χ1) is 10.7. The van der Waals surface area contributed by atoms with E-state index < -0.39 is 0 Å². The van der Waals surface area contributed by atoms with Crippen molar-refractivity contribution in [2.75, 3.05) is 13.1 Å². The summed E-state index contributed by atoms with van der Waals surface area (Å²) < 4.78 is 0. The summed E-state index contributed by atoms with van der Waals surface area (Å²) in [5, 5.41) is 0. The fraction of sp³-hybridized carbons (Fsp3) is 0.263. The maximum absolute atomic E-state index is 12.8. The van der Waals surface area contributed by atoms with E-state index in [2.05, 4.69) is 11.1 Å². The molecule has 3 heteroatoms. The van der Waals surface area contributed by atoms with Gasteiger partial charge in [0.2, 0.25) is 0 Å². The Hall–Kier alpha value is -2.42. The Morgan fingerprint density at radius 1 is 1.14 bits per heavy atom. The molecule has 0 saturated carbocycles. The molecule has 0 N–H and O–H groups in total. The van der Waals surface area contributed by atoms with Crippen LogP contribution in [0.5, 0.6) is 0 Å². The van der Waals surface area contributed by atoms with E-state index in [1.165, 1.54) is 5.57 Å². The Bertz CT molecular complexity index is 719. The fourth-order valence-corrected chi connectivity index (χ4v) is 2.85. The second-order valence-corrected chi connectivity index (χ2v) is 5.73. The molecule has 0 saturated heterocycles. The third-order valence-electron chi connectivity index (χ3n) is 4.32. The van der Waals surface area contributed by atoms with E-state index in [0.717, 1.165) is 35.2 Å². The highest BCUT2D eigenvalue weighted by atomic mass is 16.2. The minimum Gasteiger partial charge on any atom is -0.334 e. The van der Waals surface area contributed by atoms with Gasteiger partial charge in [-0.05, 0) is 60.7 Å². The lowest BCUT2D eigenvalue weighted by Crippen LogP contribution is -2.35. The number of aromatic nitrogens is 1. The highest BCUT2D eigenvalue weighted by Gasteiger charge is 2.21. The molecule has 0 unspecified atom stereocenters. The molecule has 0 atom stereocenters. The van der Waals surface area contributed by atoms with Crippen LogP contribution in [0, 0.1) is 13.8 Å². The second-order valence-electron chi connectivity index (χ2n) is 5.73. The topological polar surface area (TPSA) is 33.2 Å². The van der Waals surface area contributed by atoms with Crippen molar-refractivity contribution in [3.05, 3.63) is 71.1 Å². The number of carbonyl (C=O) groups is 1. The number of benzene rings is 1. The molecule has 0 bridgehead atoms. The zero-order valence-electron chi connectivity index (χ0n) is 13.0. The van der Waals surface area contributed by atoms with Crippen molar-refractivity contribution in [3.63, 3.8) is 0 Å². The maximum Gasteiger partial charge on any atom is 0.254 e. The predicted octanol–water partition coefficient (Wildman–Crippen LogP) is 3.63. The van der Waals surface area contributed by atoms with Gasteiger partial charge < -0.3 is 4.90 Å². The van der Waals surface area contributed by atoms with Crippen LogP contribution in [0.1, 0.15) is 33.5 Å². The number of rotatable bonds is 2. The number of hydrogen-bond donors (Lipinski definition) is 0. The van der Waals surface area contributed by atoms with Gasteiger partial charge in [-0.1, -0.05) is 18.2 Å². The molecule has 3 nitrogen and oxygen atoms in total. The summed E-state index contributed by atoms with van der Waals surface area (Å²) in [5.74, 6) is 0.126. The van der Waals surface area contributed by atoms with Crippen LogP contribution in [-0.4, -0.2) is 28.9 Å². The summed E-state index contributed by atoms with van der Waals surface area (Å²) >= 11 is 0. The average molecular weight is 292 g/mol. The van der Waals surface area contributed by atoms with Crippen LogP contribution >= 0.6 is 0 Å². The first kappa shape index (κ1) is 14.5. The van der Waals surface area contributed by atoms with Gasteiger partial charge in [-0.2, -0.15) is 0 Å². The van der Waals surface area contributed by atoms with Gasteiger partial charge in [-0.25, -0.2) is 0 Å². The molecule has 2 heterocycles. The number of carbonyl (C=O) groups excluding carboxylic acids is 1. The number of hydrogen-bond acceptors (Lipinski definition) is 2. The van der Waals surface area contributed by atoms with Gasteiger partial charge >= 0.3 is 0 Å². The Kier molecular flexibility index (Phi) is 4.05. The molecule has 2 aromatic rings. The second kappa shape index (κ2) is 6.14. The first-order valence-corrected chi connectivity index (χ1v) is 7.62. The molecule has 112 valence electrons. The Morgan fingerprint density at radius 2 is 1.91 bits per heavy atom. The normalized spacial score (nSPS) is 14.6. The summed E-state index contributed by atoms with van der Waals surface area (Å²) in [5.41, 5.74) is 5.40. The fourth-order valence-electron chi connectivity index (χ4n) is 2.85. The molecule has 1 aromatic heterocycles. The monoisotopic (exact) mass is 292 g/mol. The van der Waals surface area contributed by atoms with Crippen molar-refractivity contribution in [2.45, 2.75) is 20.3 Å². The van der Waals surface area contributed by atoms with Gasteiger partial charge in [0.05, 0.1) is 0 Å². The number of pyridine rings is 1. The van der Waals surface area contributed by atoms with Gasteiger partial charge in [-0.3, -0.25) is 9.78 Å². The minimum absolute atomic E-state index is 0.126. The molecule has 1 aliphatic rings. The lowest BCUT2D eigenvalue weighted by atomic mass is 9.99. The zero-order valence-corrected chi connectivity index (χ0v) is 13.0. The van der Waals surface area contributed by atoms with E-state index in [4.69, 9.17) is 0 Å². The van der Waals surface area contributed by atoms with Crippen LogP contribution in [0.25, 0.3) is 5.57 Å². The van der Waals surface area contributed by atoms with E-state index >= 15 is 0 Å². The Balaban J connectivity index is 1.83. The van der Waals surface area contributed by atoms with E-state index in [1.54, 1.807) is 12.4 Å². The molecule has 0 fully saturated rings. The van der Waals surface area contributed by atoms with Crippen LogP contribution in [0.2, 0.25) is 0 Å². The van der Waals surface area contributed by atoms with Crippen LogP contribution in [0.4, 0.5) is 0 Å². The average Bonchev–Trinajstić information content (AvgIpc) is 2.58. The lowest BCUT2D eigenvalue weighted by molar-refractivity contribution is 0.0774. The molecule has 0 aliphatic carbocycles. The van der Waals surface area contributed by atoms with Crippen molar-refractivity contribution in [1.82, 2.24) is 9.88 Å². The molecule has 22 heavy (non-hydrogen) atoms. The Morgan fingerprint density at radius 3 is 2.68 bits per heavy atom. The summed E-state index contributed by atoms with van der Waals surface area (Å²) in [4.78, 5) is 18.8. The minimum atomic E-state index is 0.126. The molecule has 1 amide bonds. The standard InChI is InChI=1S/C19H20N2O/c1-14-5-3-7-18(15(14)2)19(22)21-12-4-6-17(13-21)16-8-10-20-11-9-16/h3,5-11H,4,12-13H2,1-2H3. The first-order valence-electron chi connectivity index (χ1n) is 7.62. The summed E-state index contributed by atoms with van der Waals surface area (Å²) in [7, 11) is 0. The van der Waals surface area contributed by atoms with Crippen molar-refractivity contribution in [1.29, 1.82) is 0 Å².